The summed E-state index contributed by atoms with van der Waals surface area (Å²) in [6.07, 6.45) is 7.23. The topological polar surface area (TPSA) is 73.3 Å². The van der Waals surface area contributed by atoms with Crippen molar-refractivity contribution >= 4 is 11.8 Å². The lowest BCUT2D eigenvalue weighted by Gasteiger charge is -2.08. The number of rotatable bonds is 4. The predicted octanol–water partition coefficient (Wildman–Crippen LogP) is 1.80. The highest BCUT2D eigenvalue weighted by Gasteiger charge is 2.08. The summed E-state index contributed by atoms with van der Waals surface area (Å²) in [5, 5.41) is 0. The zero-order valence-electron chi connectivity index (χ0n) is 12.2. The van der Waals surface area contributed by atoms with Crippen molar-refractivity contribution in [2.24, 2.45) is 10.7 Å². The second-order valence-electron chi connectivity index (χ2n) is 4.47. The van der Waals surface area contributed by atoms with Gasteiger partial charge in [0.2, 0.25) is 0 Å². The van der Waals surface area contributed by atoms with Crippen LogP contribution in [-0.4, -0.2) is 22.8 Å². The van der Waals surface area contributed by atoms with Crippen molar-refractivity contribution in [3.63, 3.8) is 0 Å². The minimum absolute atomic E-state index is 0.153. The predicted molar refractivity (Wildman–Crippen MR) is 85.8 cm³/mol. The molecule has 0 aliphatic rings. The summed E-state index contributed by atoms with van der Waals surface area (Å²) in [5.41, 5.74) is 8.23. The van der Waals surface area contributed by atoms with Crippen molar-refractivity contribution in [3.05, 3.63) is 64.5 Å². The number of aromatic nitrogens is 2. The lowest BCUT2D eigenvalue weighted by atomic mass is 10.1. The monoisotopic (exact) mass is 282 g/mol. The molecule has 0 amide bonds. The number of hydrogen-bond donors (Lipinski definition) is 1. The van der Waals surface area contributed by atoms with Crippen LogP contribution < -0.4 is 11.3 Å². The number of allylic oxidation sites excluding steroid dienone is 1. The van der Waals surface area contributed by atoms with Gasteiger partial charge >= 0.3 is 0 Å². The summed E-state index contributed by atoms with van der Waals surface area (Å²) in [4.78, 5) is 20.8. The van der Waals surface area contributed by atoms with Gasteiger partial charge in [0.15, 0.2) is 0 Å². The van der Waals surface area contributed by atoms with Crippen LogP contribution in [0.15, 0.2) is 52.6 Å². The smallest absolute Gasteiger partial charge is 0.263 e. The van der Waals surface area contributed by atoms with Gasteiger partial charge in [-0.05, 0) is 30.7 Å². The van der Waals surface area contributed by atoms with Crippen molar-refractivity contribution in [1.29, 1.82) is 0 Å². The molecule has 0 saturated carbocycles. The summed E-state index contributed by atoms with van der Waals surface area (Å²) < 4.78 is 1.55. The van der Waals surface area contributed by atoms with Gasteiger partial charge in [-0.1, -0.05) is 6.92 Å². The van der Waals surface area contributed by atoms with Crippen molar-refractivity contribution in [3.8, 4) is 5.69 Å². The first-order chi connectivity index (χ1) is 10.2. The van der Waals surface area contributed by atoms with Crippen LogP contribution >= 0.6 is 0 Å². The van der Waals surface area contributed by atoms with Crippen molar-refractivity contribution in [2.45, 2.75) is 13.3 Å². The maximum atomic E-state index is 12.6. The minimum atomic E-state index is -0.153. The summed E-state index contributed by atoms with van der Waals surface area (Å²) in [6, 6.07) is 7.34. The van der Waals surface area contributed by atoms with E-state index in [2.05, 4.69) is 9.98 Å². The Kier molecular flexibility index (Phi) is 4.66. The van der Waals surface area contributed by atoms with Gasteiger partial charge in [-0.15, -0.1) is 0 Å². The highest BCUT2D eigenvalue weighted by atomic mass is 16.1. The Morgan fingerprint density at radius 3 is 2.81 bits per heavy atom. The first-order valence-electron chi connectivity index (χ1n) is 6.72. The van der Waals surface area contributed by atoms with Gasteiger partial charge < -0.3 is 5.73 Å². The van der Waals surface area contributed by atoms with Gasteiger partial charge in [0, 0.05) is 36.9 Å². The fraction of sp³-hybridized carbons (Fsp3) is 0.188. The van der Waals surface area contributed by atoms with Crippen LogP contribution in [0.3, 0.4) is 0 Å². The summed E-state index contributed by atoms with van der Waals surface area (Å²) in [6.45, 7) is 2.04. The van der Waals surface area contributed by atoms with Gasteiger partial charge in [-0.2, -0.15) is 0 Å². The molecule has 21 heavy (non-hydrogen) atoms. The summed E-state index contributed by atoms with van der Waals surface area (Å²) >= 11 is 0. The molecule has 0 aromatic carbocycles. The molecular formula is C16H18N4O. The first kappa shape index (κ1) is 14.7. The number of nitrogens with zero attached hydrogens (tertiary/aromatic N) is 3. The number of aliphatic imine (C=N–C) groups is 1. The third-order valence-electron chi connectivity index (χ3n) is 3.16. The fourth-order valence-electron chi connectivity index (χ4n) is 2.03. The Morgan fingerprint density at radius 1 is 1.43 bits per heavy atom. The van der Waals surface area contributed by atoms with Gasteiger partial charge in [0.1, 0.15) is 0 Å². The number of pyridine rings is 2. The van der Waals surface area contributed by atoms with E-state index in [4.69, 9.17) is 5.73 Å². The van der Waals surface area contributed by atoms with E-state index in [9.17, 15) is 4.79 Å². The molecule has 0 aliphatic heterocycles. The highest BCUT2D eigenvalue weighted by molar-refractivity contribution is 6.09. The van der Waals surface area contributed by atoms with Crippen LogP contribution in [0.2, 0.25) is 0 Å². The van der Waals surface area contributed by atoms with Crippen LogP contribution in [0.25, 0.3) is 11.3 Å². The number of aryl methyl sites for hydroxylation is 1. The van der Waals surface area contributed by atoms with E-state index in [-0.39, 0.29) is 5.56 Å². The van der Waals surface area contributed by atoms with Gasteiger partial charge in [-0.3, -0.25) is 19.3 Å². The Hall–Kier alpha value is -2.69. The van der Waals surface area contributed by atoms with E-state index in [1.807, 2.05) is 19.1 Å². The Morgan fingerprint density at radius 2 is 2.24 bits per heavy atom. The zero-order valence-corrected chi connectivity index (χ0v) is 12.2. The van der Waals surface area contributed by atoms with E-state index >= 15 is 0 Å². The van der Waals surface area contributed by atoms with Crippen LogP contribution in [0.1, 0.15) is 18.2 Å². The molecule has 5 nitrogen and oxygen atoms in total. The molecule has 2 rings (SSSR count). The largest absolute Gasteiger partial charge is 0.404 e. The first-order valence-corrected chi connectivity index (χ1v) is 6.72. The van der Waals surface area contributed by atoms with Gasteiger partial charge in [-0.25, -0.2) is 0 Å². The van der Waals surface area contributed by atoms with E-state index in [0.29, 0.717) is 11.1 Å². The number of nitrogens with two attached hydrogens (primary N) is 1. The quantitative estimate of drug-likeness (QED) is 0.869. The molecule has 0 radical (unpaired) electrons. The van der Waals surface area contributed by atoms with Crippen molar-refractivity contribution in [1.82, 2.24) is 9.55 Å². The van der Waals surface area contributed by atoms with Crippen molar-refractivity contribution in [2.75, 3.05) is 7.05 Å². The molecular weight excluding hydrogens is 264 g/mol. The molecule has 2 heterocycles. The standard InChI is InChI=1S/C16H18N4O/c1-3-13-6-7-14(11-19-13)20-8-4-5-15(16(20)21)12(9-17)10-18-2/h4-11H,3,17H2,1-2H3/b12-9+,18-10?. The SMILES string of the molecule is CCc1ccc(-n2cccc(/C(C=NC)=C/N)c2=O)cn1. The molecule has 5 heteroatoms. The average molecular weight is 282 g/mol. The molecule has 0 fully saturated rings. The van der Waals surface area contributed by atoms with Crippen LogP contribution in [0, 0.1) is 0 Å². The lowest BCUT2D eigenvalue weighted by molar-refractivity contribution is 0.952. The summed E-state index contributed by atoms with van der Waals surface area (Å²) in [7, 11) is 1.64. The molecule has 2 aromatic heterocycles. The Labute approximate surface area is 123 Å². The Balaban J connectivity index is 2.53. The van der Waals surface area contributed by atoms with Gasteiger partial charge in [0.25, 0.3) is 5.56 Å². The molecule has 0 unspecified atom stereocenters. The molecule has 0 bridgehead atoms. The zero-order chi connectivity index (χ0) is 15.2. The average Bonchev–Trinajstić information content (AvgIpc) is 2.53. The van der Waals surface area contributed by atoms with Crippen LogP contribution in [0.4, 0.5) is 0 Å². The van der Waals surface area contributed by atoms with Crippen molar-refractivity contribution < 1.29 is 0 Å². The maximum absolute atomic E-state index is 12.6. The second-order valence-corrected chi connectivity index (χ2v) is 4.47. The highest BCUT2D eigenvalue weighted by Crippen LogP contribution is 2.10. The normalized spacial score (nSPS) is 12.0. The van der Waals surface area contributed by atoms with E-state index in [1.165, 1.54) is 6.20 Å². The second kappa shape index (κ2) is 6.65. The maximum Gasteiger partial charge on any atom is 0.263 e. The molecule has 108 valence electrons. The minimum Gasteiger partial charge on any atom is -0.404 e. The van der Waals surface area contributed by atoms with Crippen LogP contribution in [-0.2, 0) is 6.42 Å². The third kappa shape index (κ3) is 3.08. The molecule has 0 spiro atoms. The molecule has 2 aromatic rings. The molecule has 0 saturated heterocycles. The van der Waals surface area contributed by atoms with Gasteiger partial charge in [0.05, 0.1) is 17.4 Å². The number of hydrogen-bond acceptors (Lipinski definition) is 4. The molecule has 0 atom stereocenters. The third-order valence-corrected chi connectivity index (χ3v) is 3.16. The fourth-order valence-corrected chi connectivity index (χ4v) is 2.03. The van der Waals surface area contributed by atoms with E-state index < -0.39 is 0 Å². The van der Waals surface area contributed by atoms with E-state index in [0.717, 1.165) is 17.8 Å². The molecule has 0 aliphatic carbocycles. The van der Waals surface area contributed by atoms with Crippen LogP contribution in [0.5, 0.6) is 0 Å². The Bertz CT molecular complexity index is 727. The van der Waals surface area contributed by atoms with E-state index in [1.54, 1.807) is 42.4 Å². The lowest BCUT2D eigenvalue weighted by Crippen LogP contribution is -2.21. The molecule has 2 N–H and O–H groups in total. The summed E-state index contributed by atoms with van der Waals surface area (Å²) in [5.74, 6) is 0.